The lowest BCUT2D eigenvalue weighted by atomic mass is 10.4. The van der Waals surface area contributed by atoms with Crippen LogP contribution in [0.2, 0.25) is 0 Å². The minimum Gasteiger partial charge on any atom is -0.334 e. The third-order valence-corrected chi connectivity index (χ3v) is 3.25. The molecule has 1 aromatic rings. The fourth-order valence-corrected chi connectivity index (χ4v) is 1.55. The van der Waals surface area contributed by atoms with Crippen LogP contribution in [0.25, 0.3) is 0 Å². The molecule has 1 heterocycles. The van der Waals surface area contributed by atoms with Gasteiger partial charge in [0.05, 0.1) is 12.0 Å². The van der Waals surface area contributed by atoms with Crippen molar-refractivity contribution in [3.8, 4) is 0 Å². The quantitative estimate of drug-likeness (QED) is 0.780. The standard InChI is InChI=1S/C10H19N3S/c1-4-13-8-12-7-10(13)6-11-5-9(2)14-3/h7-9,11H,4-6H2,1-3H3. The van der Waals surface area contributed by atoms with Crippen LogP contribution in [0, 0.1) is 0 Å². The number of aromatic nitrogens is 2. The summed E-state index contributed by atoms with van der Waals surface area (Å²) >= 11 is 1.89. The molecular weight excluding hydrogens is 194 g/mol. The van der Waals surface area contributed by atoms with Gasteiger partial charge in [-0.2, -0.15) is 11.8 Å². The lowest BCUT2D eigenvalue weighted by molar-refractivity contribution is 0.627. The van der Waals surface area contributed by atoms with Gasteiger partial charge in [0, 0.05) is 31.1 Å². The summed E-state index contributed by atoms with van der Waals surface area (Å²) in [5, 5.41) is 4.11. The summed E-state index contributed by atoms with van der Waals surface area (Å²) in [6.45, 7) is 7.33. The van der Waals surface area contributed by atoms with Gasteiger partial charge in [0.15, 0.2) is 0 Å². The molecule has 14 heavy (non-hydrogen) atoms. The van der Waals surface area contributed by atoms with E-state index in [2.05, 4.69) is 35.0 Å². The number of aryl methyl sites for hydroxylation is 1. The average molecular weight is 213 g/mol. The molecule has 1 rings (SSSR count). The molecule has 0 aliphatic rings. The molecule has 3 nitrogen and oxygen atoms in total. The fourth-order valence-electron chi connectivity index (χ4n) is 1.27. The van der Waals surface area contributed by atoms with Gasteiger partial charge in [-0.3, -0.25) is 0 Å². The van der Waals surface area contributed by atoms with E-state index in [-0.39, 0.29) is 0 Å². The molecule has 4 heteroatoms. The molecule has 80 valence electrons. The van der Waals surface area contributed by atoms with E-state index in [9.17, 15) is 0 Å². The summed E-state index contributed by atoms with van der Waals surface area (Å²) in [5.41, 5.74) is 1.26. The Labute approximate surface area is 90.3 Å². The van der Waals surface area contributed by atoms with Crippen molar-refractivity contribution < 1.29 is 0 Å². The number of nitrogens with zero attached hydrogens (tertiary/aromatic N) is 2. The first-order chi connectivity index (χ1) is 6.77. The molecular formula is C10H19N3S. The lowest BCUT2D eigenvalue weighted by Gasteiger charge is -2.10. The van der Waals surface area contributed by atoms with E-state index < -0.39 is 0 Å². The van der Waals surface area contributed by atoms with Gasteiger partial charge in [-0.1, -0.05) is 6.92 Å². The Balaban J connectivity index is 2.31. The van der Waals surface area contributed by atoms with Crippen molar-refractivity contribution in [3.05, 3.63) is 18.2 Å². The maximum atomic E-state index is 4.13. The summed E-state index contributed by atoms with van der Waals surface area (Å²) in [6.07, 6.45) is 5.96. The fraction of sp³-hybridized carbons (Fsp3) is 0.700. The molecule has 0 aliphatic carbocycles. The van der Waals surface area contributed by atoms with Crippen LogP contribution in [0.1, 0.15) is 19.5 Å². The van der Waals surface area contributed by atoms with E-state index in [0.29, 0.717) is 5.25 Å². The summed E-state index contributed by atoms with van der Waals surface area (Å²) < 4.78 is 2.16. The highest BCUT2D eigenvalue weighted by Gasteiger charge is 2.01. The van der Waals surface area contributed by atoms with Gasteiger partial charge in [0.1, 0.15) is 0 Å². The summed E-state index contributed by atoms with van der Waals surface area (Å²) in [5.74, 6) is 0. The number of rotatable bonds is 6. The maximum Gasteiger partial charge on any atom is 0.0948 e. The van der Waals surface area contributed by atoms with Gasteiger partial charge in [-0.15, -0.1) is 0 Å². The molecule has 0 fully saturated rings. The Morgan fingerprint density at radius 1 is 1.64 bits per heavy atom. The first-order valence-corrected chi connectivity index (χ1v) is 6.29. The van der Waals surface area contributed by atoms with E-state index in [1.165, 1.54) is 5.69 Å². The predicted octanol–water partition coefficient (Wildman–Crippen LogP) is 1.74. The van der Waals surface area contributed by atoms with E-state index in [1.54, 1.807) is 0 Å². The molecule has 0 saturated carbocycles. The smallest absolute Gasteiger partial charge is 0.0948 e. The largest absolute Gasteiger partial charge is 0.334 e. The highest BCUT2D eigenvalue weighted by Crippen LogP contribution is 2.03. The Morgan fingerprint density at radius 3 is 3.07 bits per heavy atom. The van der Waals surface area contributed by atoms with Gasteiger partial charge >= 0.3 is 0 Å². The van der Waals surface area contributed by atoms with Crippen LogP contribution in [0.3, 0.4) is 0 Å². The Bertz CT molecular complexity index is 260. The van der Waals surface area contributed by atoms with Gasteiger partial charge in [-0.05, 0) is 13.2 Å². The van der Waals surface area contributed by atoms with Crippen molar-refractivity contribution in [2.24, 2.45) is 0 Å². The molecule has 1 N–H and O–H groups in total. The monoisotopic (exact) mass is 213 g/mol. The normalized spacial score (nSPS) is 13.1. The van der Waals surface area contributed by atoms with Crippen molar-refractivity contribution in [3.63, 3.8) is 0 Å². The molecule has 0 saturated heterocycles. The van der Waals surface area contributed by atoms with Crippen LogP contribution in [0.15, 0.2) is 12.5 Å². The van der Waals surface area contributed by atoms with Crippen LogP contribution < -0.4 is 5.32 Å². The second-order valence-corrected chi connectivity index (χ2v) is 4.62. The van der Waals surface area contributed by atoms with Gasteiger partial charge in [-0.25, -0.2) is 4.98 Å². The van der Waals surface area contributed by atoms with Crippen molar-refractivity contribution in [2.45, 2.75) is 32.2 Å². The van der Waals surface area contributed by atoms with E-state index >= 15 is 0 Å². The molecule has 0 bridgehead atoms. The molecule has 1 unspecified atom stereocenters. The SMILES string of the molecule is CCn1cncc1CNCC(C)SC. The van der Waals surface area contributed by atoms with Crippen molar-refractivity contribution >= 4 is 11.8 Å². The number of hydrogen-bond acceptors (Lipinski definition) is 3. The van der Waals surface area contributed by atoms with Gasteiger partial charge in [0.25, 0.3) is 0 Å². The topological polar surface area (TPSA) is 29.9 Å². The molecule has 0 aromatic carbocycles. The molecule has 0 amide bonds. The maximum absolute atomic E-state index is 4.13. The molecule has 1 atom stereocenters. The third kappa shape index (κ3) is 3.35. The molecule has 1 aromatic heterocycles. The second kappa shape index (κ2) is 6.09. The second-order valence-electron chi connectivity index (χ2n) is 3.35. The van der Waals surface area contributed by atoms with Gasteiger partial charge < -0.3 is 9.88 Å². The van der Waals surface area contributed by atoms with Gasteiger partial charge in [0.2, 0.25) is 0 Å². The minimum absolute atomic E-state index is 0.674. The molecule has 0 spiro atoms. The van der Waals surface area contributed by atoms with E-state index in [1.807, 2.05) is 24.3 Å². The van der Waals surface area contributed by atoms with Crippen LogP contribution in [0.4, 0.5) is 0 Å². The summed E-state index contributed by atoms with van der Waals surface area (Å²) in [7, 11) is 0. The Kier molecular flexibility index (Phi) is 5.04. The van der Waals surface area contributed by atoms with E-state index in [0.717, 1.165) is 19.6 Å². The first kappa shape index (κ1) is 11.6. The zero-order chi connectivity index (χ0) is 10.4. The number of nitrogens with one attached hydrogen (secondary N) is 1. The highest BCUT2D eigenvalue weighted by molar-refractivity contribution is 7.99. The van der Waals surface area contributed by atoms with Crippen molar-refractivity contribution in [1.82, 2.24) is 14.9 Å². The summed E-state index contributed by atoms with van der Waals surface area (Å²) in [4.78, 5) is 4.13. The Hall–Kier alpha value is -0.480. The van der Waals surface area contributed by atoms with E-state index in [4.69, 9.17) is 0 Å². The van der Waals surface area contributed by atoms with Crippen LogP contribution >= 0.6 is 11.8 Å². The van der Waals surface area contributed by atoms with Crippen LogP contribution in [0.5, 0.6) is 0 Å². The number of thioether (sulfide) groups is 1. The average Bonchev–Trinajstić information content (AvgIpc) is 2.65. The van der Waals surface area contributed by atoms with Crippen LogP contribution in [-0.2, 0) is 13.1 Å². The molecule has 0 radical (unpaired) electrons. The van der Waals surface area contributed by atoms with Crippen molar-refractivity contribution in [2.75, 3.05) is 12.8 Å². The first-order valence-electron chi connectivity index (χ1n) is 5.00. The summed E-state index contributed by atoms with van der Waals surface area (Å²) in [6, 6.07) is 0. The molecule has 0 aliphatic heterocycles. The predicted molar refractivity (Wildman–Crippen MR) is 62.6 cm³/mol. The lowest BCUT2D eigenvalue weighted by Crippen LogP contribution is -2.23. The third-order valence-electron chi connectivity index (χ3n) is 2.28. The zero-order valence-electron chi connectivity index (χ0n) is 9.16. The van der Waals surface area contributed by atoms with Crippen molar-refractivity contribution in [1.29, 1.82) is 0 Å². The zero-order valence-corrected chi connectivity index (χ0v) is 9.97. The number of imidazole rings is 1. The highest BCUT2D eigenvalue weighted by atomic mass is 32.2. The Morgan fingerprint density at radius 2 is 2.43 bits per heavy atom. The minimum atomic E-state index is 0.674. The number of hydrogen-bond donors (Lipinski definition) is 1. The van der Waals surface area contributed by atoms with Crippen LogP contribution in [-0.4, -0.2) is 27.6 Å².